The van der Waals surface area contributed by atoms with Crippen LogP contribution in [0, 0.1) is 0 Å². The molecule has 0 aliphatic carbocycles. The highest BCUT2D eigenvalue weighted by Gasteiger charge is 2.45. The summed E-state index contributed by atoms with van der Waals surface area (Å²) in [5.41, 5.74) is 3.41. The number of benzene rings is 3. The second-order valence-electron chi connectivity index (χ2n) is 8.67. The summed E-state index contributed by atoms with van der Waals surface area (Å²) in [5, 5.41) is 11.2. The highest BCUT2D eigenvalue weighted by atomic mass is 16.5. The molecule has 3 aromatic carbocycles. The maximum Gasteiger partial charge on any atom is 0.295 e. The van der Waals surface area contributed by atoms with Gasteiger partial charge in [0, 0.05) is 31.9 Å². The summed E-state index contributed by atoms with van der Waals surface area (Å²) >= 11 is 0. The quantitative estimate of drug-likeness (QED) is 0.291. The topological polar surface area (TPSA) is 70.1 Å². The normalized spacial score (nSPS) is 17.0. The SMILES string of the molecule is CCOc1ccc(/C(O)=C2\C(=O)C(=O)N(CCc3ccccc3)C2c2ccc(N(C)C)cc2)cc1. The lowest BCUT2D eigenvalue weighted by atomic mass is 9.95. The number of nitrogens with zero attached hydrogens (tertiary/aromatic N) is 2. The number of carbonyl (C=O) groups is 2. The number of hydrogen-bond donors (Lipinski definition) is 1. The van der Waals surface area contributed by atoms with Crippen LogP contribution in [0.4, 0.5) is 5.69 Å². The van der Waals surface area contributed by atoms with Crippen molar-refractivity contribution in [2.24, 2.45) is 0 Å². The number of likely N-dealkylation sites (tertiary alicyclic amines) is 1. The van der Waals surface area contributed by atoms with Crippen LogP contribution in [0.15, 0.2) is 84.4 Å². The highest BCUT2D eigenvalue weighted by Crippen LogP contribution is 2.40. The van der Waals surface area contributed by atoms with Crippen LogP contribution in [0.2, 0.25) is 0 Å². The first-order valence-electron chi connectivity index (χ1n) is 11.7. The number of aliphatic hydroxyl groups is 1. The van der Waals surface area contributed by atoms with E-state index < -0.39 is 17.7 Å². The van der Waals surface area contributed by atoms with Gasteiger partial charge >= 0.3 is 0 Å². The first-order valence-corrected chi connectivity index (χ1v) is 11.7. The molecule has 1 aliphatic heterocycles. The van der Waals surface area contributed by atoms with E-state index in [-0.39, 0.29) is 11.3 Å². The van der Waals surface area contributed by atoms with E-state index in [1.807, 2.05) is 80.5 Å². The largest absolute Gasteiger partial charge is 0.507 e. The van der Waals surface area contributed by atoms with Crippen molar-refractivity contribution in [2.75, 3.05) is 32.1 Å². The van der Waals surface area contributed by atoms with Gasteiger partial charge in [-0.25, -0.2) is 0 Å². The Balaban J connectivity index is 1.75. The smallest absolute Gasteiger partial charge is 0.295 e. The lowest BCUT2D eigenvalue weighted by Crippen LogP contribution is -2.31. The summed E-state index contributed by atoms with van der Waals surface area (Å²) < 4.78 is 5.49. The number of anilines is 1. The van der Waals surface area contributed by atoms with Crippen molar-refractivity contribution in [3.05, 3.63) is 101 Å². The molecule has 1 atom stereocenters. The number of carbonyl (C=O) groups excluding carboxylic acids is 2. The molecule has 1 N–H and O–H groups in total. The Labute approximate surface area is 206 Å². The average Bonchev–Trinajstić information content (AvgIpc) is 3.13. The molecule has 1 amide bonds. The van der Waals surface area contributed by atoms with Gasteiger partial charge in [0.1, 0.15) is 11.5 Å². The van der Waals surface area contributed by atoms with Crippen molar-refractivity contribution in [3.8, 4) is 5.75 Å². The van der Waals surface area contributed by atoms with Gasteiger partial charge in [-0.15, -0.1) is 0 Å². The Morgan fingerprint density at radius 3 is 2.20 bits per heavy atom. The highest BCUT2D eigenvalue weighted by molar-refractivity contribution is 6.46. The van der Waals surface area contributed by atoms with Crippen molar-refractivity contribution in [2.45, 2.75) is 19.4 Å². The monoisotopic (exact) mass is 470 g/mol. The van der Waals surface area contributed by atoms with E-state index in [9.17, 15) is 14.7 Å². The standard InChI is InChI=1S/C29H30N2O4/c1-4-35-24-16-12-22(13-17-24)27(32)25-26(21-10-14-23(15-11-21)30(2)3)31(29(34)28(25)33)19-18-20-8-6-5-7-9-20/h5-17,26,32H,4,18-19H2,1-3H3/b27-25+. The molecule has 1 unspecified atom stereocenters. The zero-order chi connectivity index (χ0) is 24.9. The molecule has 1 saturated heterocycles. The summed E-state index contributed by atoms with van der Waals surface area (Å²) in [6, 6.07) is 23.8. The lowest BCUT2D eigenvalue weighted by Gasteiger charge is -2.26. The minimum Gasteiger partial charge on any atom is -0.507 e. The van der Waals surface area contributed by atoms with Crippen LogP contribution in [-0.4, -0.2) is 48.9 Å². The first-order chi connectivity index (χ1) is 16.9. The van der Waals surface area contributed by atoms with Crippen LogP contribution in [0.1, 0.15) is 29.7 Å². The predicted molar refractivity (Wildman–Crippen MR) is 138 cm³/mol. The number of rotatable bonds is 8. The molecule has 3 aromatic rings. The van der Waals surface area contributed by atoms with Gasteiger partial charge in [0.15, 0.2) is 0 Å². The van der Waals surface area contributed by atoms with Gasteiger partial charge in [-0.05, 0) is 60.9 Å². The molecular formula is C29H30N2O4. The molecular weight excluding hydrogens is 440 g/mol. The van der Waals surface area contributed by atoms with Crippen LogP contribution < -0.4 is 9.64 Å². The second-order valence-corrected chi connectivity index (χ2v) is 8.67. The van der Waals surface area contributed by atoms with E-state index in [0.717, 1.165) is 16.8 Å². The van der Waals surface area contributed by atoms with Gasteiger partial charge in [0.2, 0.25) is 0 Å². The molecule has 6 nitrogen and oxygen atoms in total. The van der Waals surface area contributed by atoms with E-state index in [2.05, 4.69) is 0 Å². The number of hydrogen-bond acceptors (Lipinski definition) is 5. The maximum absolute atomic E-state index is 13.2. The van der Waals surface area contributed by atoms with Crippen molar-refractivity contribution >= 4 is 23.1 Å². The summed E-state index contributed by atoms with van der Waals surface area (Å²) in [6.07, 6.45) is 0.600. The van der Waals surface area contributed by atoms with Gasteiger partial charge in [0.05, 0.1) is 18.2 Å². The fourth-order valence-electron chi connectivity index (χ4n) is 4.34. The zero-order valence-corrected chi connectivity index (χ0v) is 20.3. The first kappa shape index (κ1) is 24.1. The van der Waals surface area contributed by atoms with Crippen molar-refractivity contribution in [1.82, 2.24) is 4.90 Å². The van der Waals surface area contributed by atoms with Crippen LogP contribution in [0.3, 0.4) is 0 Å². The third kappa shape index (κ3) is 5.06. The molecule has 1 fully saturated rings. The lowest BCUT2D eigenvalue weighted by molar-refractivity contribution is -0.139. The molecule has 0 spiro atoms. The van der Waals surface area contributed by atoms with E-state index in [0.29, 0.717) is 30.9 Å². The van der Waals surface area contributed by atoms with Gasteiger partial charge in [-0.2, -0.15) is 0 Å². The van der Waals surface area contributed by atoms with E-state index >= 15 is 0 Å². The molecule has 6 heteroatoms. The minimum atomic E-state index is -0.679. The molecule has 35 heavy (non-hydrogen) atoms. The maximum atomic E-state index is 13.2. The summed E-state index contributed by atoms with van der Waals surface area (Å²) in [5.74, 6) is -0.792. The summed E-state index contributed by atoms with van der Waals surface area (Å²) in [4.78, 5) is 30.0. The molecule has 1 heterocycles. The Bertz CT molecular complexity index is 1220. The fourth-order valence-corrected chi connectivity index (χ4v) is 4.34. The van der Waals surface area contributed by atoms with E-state index in [4.69, 9.17) is 4.74 Å². The van der Waals surface area contributed by atoms with Gasteiger partial charge < -0.3 is 19.6 Å². The Morgan fingerprint density at radius 2 is 1.60 bits per heavy atom. The summed E-state index contributed by atoms with van der Waals surface area (Å²) in [6.45, 7) is 2.78. The fraction of sp³-hybridized carbons (Fsp3) is 0.241. The van der Waals surface area contributed by atoms with E-state index in [1.165, 1.54) is 0 Å². The molecule has 0 aromatic heterocycles. The molecule has 4 rings (SSSR count). The Morgan fingerprint density at radius 1 is 0.943 bits per heavy atom. The second kappa shape index (κ2) is 10.5. The average molecular weight is 471 g/mol. The van der Waals surface area contributed by atoms with E-state index in [1.54, 1.807) is 29.2 Å². The van der Waals surface area contributed by atoms with Crippen LogP contribution >= 0.6 is 0 Å². The van der Waals surface area contributed by atoms with Crippen LogP contribution in [-0.2, 0) is 16.0 Å². The van der Waals surface area contributed by atoms with Crippen molar-refractivity contribution in [3.63, 3.8) is 0 Å². The molecule has 0 saturated carbocycles. The number of amides is 1. The number of ether oxygens (including phenoxy) is 1. The molecule has 0 radical (unpaired) electrons. The number of Topliss-reactive ketones (excluding diaryl/α,β-unsaturated/α-hetero) is 1. The third-order valence-corrected chi connectivity index (χ3v) is 6.19. The van der Waals surface area contributed by atoms with Gasteiger partial charge in [-0.1, -0.05) is 42.5 Å². The van der Waals surface area contributed by atoms with Crippen molar-refractivity contribution in [1.29, 1.82) is 0 Å². The summed E-state index contributed by atoms with van der Waals surface area (Å²) in [7, 11) is 3.90. The van der Waals surface area contributed by atoms with Crippen LogP contribution in [0.5, 0.6) is 5.75 Å². The predicted octanol–water partition coefficient (Wildman–Crippen LogP) is 4.82. The minimum absolute atomic E-state index is 0.102. The van der Waals surface area contributed by atoms with Crippen LogP contribution in [0.25, 0.3) is 5.76 Å². The Kier molecular flexibility index (Phi) is 7.20. The zero-order valence-electron chi connectivity index (χ0n) is 20.3. The third-order valence-electron chi connectivity index (χ3n) is 6.19. The molecule has 1 aliphatic rings. The number of aliphatic hydroxyl groups excluding tert-OH is 1. The molecule has 0 bridgehead atoms. The Hall–Kier alpha value is -4.06. The van der Waals surface area contributed by atoms with Gasteiger partial charge in [-0.3, -0.25) is 9.59 Å². The number of ketones is 1. The molecule has 180 valence electrons. The van der Waals surface area contributed by atoms with Crippen molar-refractivity contribution < 1.29 is 19.4 Å². The van der Waals surface area contributed by atoms with Gasteiger partial charge in [0.25, 0.3) is 11.7 Å².